The Morgan fingerprint density at radius 3 is 2.16 bits per heavy atom. The Bertz CT molecular complexity index is 2370. The van der Waals surface area contributed by atoms with Crippen molar-refractivity contribution in [1.29, 1.82) is 0 Å². The second-order valence-corrected chi connectivity index (χ2v) is 15.2. The smallest absolute Gasteiger partial charge is 0.129 e. The maximum absolute atomic E-state index is 6.54. The van der Waals surface area contributed by atoms with Gasteiger partial charge in [0.1, 0.15) is 5.58 Å². The molecule has 0 aliphatic heterocycles. The van der Waals surface area contributed by atoms with E-state index in [1.807, 2.05) is 37.4 Å². The Kier molecular flexibility index (Phi) is 10.2. The van der Waals surface area contributed by atoms with Crippen molar-refractivity contribution in [1.82, 2.24) is 9.97 Å². The summed E-state index contributed by atoms with van der Waals surface area (Å²) in [6.07, 6.45) is 4.89. The normalized spacial score (nSPS) is 11.4. The van der Waals surface area contributed by atoms with Crippen molar-refractivity contribution in [2.75, 3.05) is 0 Å². The minimum atomic E-state index is 0. The summed E-state index contributed by atoms with van der Waals surface area (Å²) >= 11 is 1.74. The number of fused-ring (bicyclic) bond motifs is 5. The second kappa shape index (κ2) is 14.4. The zero-order valence-electron chi connectivity index (χ0n) is 29.6. The zero-order chi connectivity index (χ0) is 34.3. The topological polar surface area (TPSA) is 38.9 Å². The van der Waals surface area contributed by atoms with E-state index in [1.165, 1.54) is 49.0 Å². The summed E-state index contributed by atoms with van der Waals surface area (Å²) < 4.78 is 7.78. The molecule has 4 heterocycles. The van der Waals surface area contributed by atoms with Crippen molar-refractivity contribution in [2.45, 2.75) is 54.9 Å². The van der Waals surface area contributed by atoms with E-state index in [1.54, 1.807) is 11.3 Å². The van der Waals surface area contributed by atoms with Crippen LogP contribution in [-0.4, -0.2) is 9.97 Å². The Balaban J connectivity index is 0.000000242. The molecule has 0 aliphatic rings. The average molecular weight is 849 g/mol. The van der Waals surface area contributed by atoms with Crippen LogP contribution in [0, 0.1) is 45.2 Å². The van der Waals surface area contributed by atoms with Gasteiger partial charge < -0.3 is 14.4 Å². The molecule has 0 spiro atoms. The molecule has 4 aromatic carbocycles. The van der Waals surface area contributed by atoms with Crippen LogP contribution in [0.3, 0.4) is 0 Å². The fourth-order valence-corrected chi connectivity index (χ4v) is 7.32. The van der Waals surface area contributed by atoms with Crippen LogP contribution in [0.1, 0.15) is 48.6 Å². The first kappa shape index (κ1) is 35.4. The van der Waals surface area contributed by atoms with Gasteiger partial charge in [0.15, 0.2) is 0 Å². The van der Waals surface area contributed by atoms with E-state index in [-0.39, 0.29) is 25.5 Å². The largest absolute Gasteiger partial charge is 0.500 e. The van der Waals surface area contributed by atoms with Crippen LogP contribution >= 0.6 is 11.3 Å². The molecule has 0 fully saturated rings. The predicted octanol–water partition coefficient (Wildman–Crippen LogP) is 12.7. The molecule has 1 radical (unpaired) electrons. The molecule has 0 aliphatic carbocycles. The third-order valence-electron chi connectivity index (χ3n) is 8.90. The second-order valence-electron chi connectivity index (χ2n) is 14.2. The first-order valence-electron chi connectivity index (χ1n) is 16.8. The van der Waals surface area contributed by atoms with Crippen molar-refractivity contribution in [2.24, 2.45) is 5.41 Å². The molecular formula is C45H40IrN2OS-2. The molecular weight excluding hydrogens is 809 g/mol. The van der Waals surface area contributed by atoms with Gasteiger partial charge in [0, 0.05) is 53.5 Å². The summed E-state index contributed by atoms with van der Waals surface area (Å²) in [5.41, 5.74) is 14.6. The van der Waals surface area contributed by atoms with E-state index in [9.17, 15) is 0 Å². The Morgan fingerprint density at radius 2 is 1.46 bits per heavy atom. The van der Waals surface area contributed by atoms with Crippen LogP contribution in [-0.2, 0) is 26.5 Å². The van der Waals surface area contributed by atoms with Gasteiger partial charge in [0.2, 0.25) is 0 Å². The number of nitrogens with zero attached hydrogens (tertiary/aromatic N) is 2. The van der Waals surface area contributed by atoms with Crippen LogP contribution in [0.5, 0.6) is 0 Å². The number of benzene rings is 4. The standard InChI is InChI=1S/C32H28NOS.C13H12N.Ir/c1-19-8-6-9-20(2)29(19)26-18-33-27(16-21(26)17-32(3,4)5)24-11-7-10-22-23-12-13-28-25(14-15-35-28)31(23)34-30(22)24;1-10-3-6-12(7-4-10)13-8-5-11(2)9-14-13;/h6-10,12-16,18H,17H2,1-5H3;3-6,8-9H,1-2H3;/q2*-1;. The number of pyridine rings is 2. The Labute approximate surface area is 312 Å². The molecule has 0 saturated carbocycles. The number of furan rings is 1. The maximum Gasteiger partial charge on any atom is 0.129 e. The van der Waals surface area contributed by atoms with Crippen molar-refractivity contribution in [3.05, 3.63) is 143 Å². The minimum Gasteiger partial charge on any atom is -0.500 e. The molecule has 0 amide bonds. The minimum absolute atomic E-state index is 0. The molecule has 253 valence electrons. The molecule has 0 bridgehead atoms. The SMILES string of the molecule is Cc1c[c-]c(-c2ccc(C)cn2)cc1.Cc1cccc(C)c1-c1cnc(-c2[c-]ccc3c2oc2c4ccsc4ccc32)cc1CC(C)(C)C.[Ir]. The zero-order valence-corrected chi connectivity index (χ0v) is 32.8. The molecule has 8 aromatic rings. The molecule has 4 aromatic heterocycles. The van der Waals surface area contributed by atoms with Gasteiger partial charge in [-0.3, -0.25) is 0 Å². The third kappa shape index (κ3) is 7.23. The number of aryl methyl sites for hydroxylation is 4. The monoisotopic (exact) mass is 849 g/mol. The van der Waals surface area contributed by atoms with Gasteiger partial charge in [-0.05, 0) is 89.3 Å². The van der Waals surface area contributed by atoms with Gasteiger partial charge in [0.25, 0.3) is 0 Å². The van der Waals surface area contributed by atoms with Gasteiger partial charge in [-0.15, -0.1) is 64.9 Å². The van der Waals surface area contributed by atoms with Crippen molar-refractivity contribution >= 4 is 43.4 Å². The summed E-state index contributed by atoms with van der Waals surface area (Å²) in [6.45, 7) is 15.3. The summed E-state index contributed by atoms with van der Waals surface area (Å²) in [4.78, 5) is 9.33. The van der Waals surface area contributed by atoms with Gasteiger partial charge in [-0.1, -0.05) is 81.1 Å². The van der Waals surface area contributed by atoms with Crippen molar-refractivity contribution < 1.29 is 24.5 Å². The fourth-order valence-electron chi connectivity index (χ4n) is 6.54. The summed E-state index contributed by atoms with van der Waals surface area (Å²) in [6, 6.07) is 36.2. The van der Waals surface area contributed by atoms with Crippen LogP contribution in [0.4, 0.5) is 0 Å². The summed E-state index contributed by atoms with van der Waals surface area (Å²) in [7, 11) is 0. The maximum atomic E-state index is 6.54. The first-order valence-corrected chi connectivity index (χ1v) is 17.6. The molecule has 8 rings (SSSR count). The van der Waals surface area contributed by atoms with Crippen LogP contribution in [0.2, 0.25) is 0 Å². The van der Waals surface area contributed by atoms with E-state index >= 15 is 0 Å². The number of hydrogen-bond donors (Lipinski definition) is 0. The number of rotatable bonds is 4. The third-order valence-corrected chi connectivity index (χ3v) is 9.78. The van der Waals surface area contributed by atoms with Gasteiger partial charge in [-0.25, -0.2) is 0 Å². The van der Waals surface area contributed by atoms with E-state index in [2.05, 4.69) is 131 Å². The van der Waals surface area contributed by atoms with Crippen LogP contribution < -0.4 is 0 Å². The molecule has 5 heteroatoms. The fraction of sp³-hybridized carbons (Fsp3) is 0.200. The Hall–Kier alpha value is -4.41. The molecule has 0 N–H and O–H groups in total. The quantitative estimate of drug-likeness (QED) is 0.166. The van der Waals surface area contributed by atoms with Crippen LogP contribution in [0.15, 0.2) is 107 Å². The first-order chi connectivity index (χ1) is 23.6. The Morgan fingerprint density at radius 1 is 0.720 bits per heavy atom. The van der Waals surface area contributed by atoms with Gasteiger partial charge in [0.05, 0.1) is 5.58 Å². The molecule has 50 heavy (non-hydrogen) atoms. The van der Waals surface area contributed by atoms with Gasteiger partial charge >= 0.3 is 0 Å². The number of aromatic nitrogens is 2. The summed E-state index contributed by atoms with van der Waals surface area (Å²) in [5, 5.41) is 5.54. The predicted molar refractivity (Wildman–Crippen MR) is 207 cm³/mol. The van der Waals surface area contributed by atoms with E-state index < -0.39 is 0 Å². The average Bonchev–Trinajstić information content (AvgIpc) is 3.71. The molecule has 0 saturated heterocycles. The van der Waals surface area contributed by atoms with Crippen LogP contribution in [0.25, 0.3) is 65.7 Å². The molecule has 3 nitrogen and oxygen atoms in total. The molecule has 0 unspecified atom stereocenters. The number of hydrogen-bond acceptors (Lipinski definition) is 4. The van der Waals surface area contributed by atoms with Gasteiger partial charge in [-0.2, -0.15) is 0 Å². The van der Waals surface area contributed by atoms with E-state index in [0.29, 0.717) is 0 Å². The number of thiophene rings is 1. The van der Waals surface area contributed by atoms with Crippen molar-refractivity contribution in [3.8, 4) is 33.6 Å². The van der Waals surface area contributed by atoms with Crippen molar-refractivity contribution in [3.63, 3.8) is 0 Å². The van der Waals surface area contributed by atoms with E-state index in [4.69, 9.17) is 9.40 Å². The summed E-state index contributed by atoms with van der Waals surface area (Å²) in [5.74, 6) is 0. The molecule has 0 atom stereocenters. The van der Waals surface area contributed by atoms with E-state index in [0.717, 1.165) is 50.9 Å².